The predicted molar refractivity (Wildman–Crippen MR) is 166 cm³/mol. The van der Waals surface area contributed by atoms with Crippen molar-refractivity contribution in [3.8, 4) is 22.6 Å². The van der Waals surface area contributed by atoms with E-state index in [9.17, 15) is 31.5 Å². The Morgan fingerprint density at radius 2 is 1.57 bits per heavy atom. The maximum absolute atomic E-state index is 15.5. The zero-order chi connectivity index (χ0) is 33.2. The van der Waals surface area contributed by atoms with Crippen LogP contribution in [0, 0.1) is 47.9 Å². The Bertz CT molecular complexity index is 2160. The summed E-state index contributed by atoms with van der Waals surface area (Å²) in [5.41, 5.74) is 0.539. The van der Waals surface area contributed by atoms with Crippen molar-refractivity contribution in [2.24, 2.45) is 17.8 Å². The molecule has 47 heavy (non-hydrogen) atoms. The molecule has 0 aliphatic heterocycles. The molecule has 2 N–H and O–H groups in total. The molecule has 242 valence electrons. The van der Waals surface area contributed by atoms with E-state index >= 15 is 4.39 Å². The average Bonchev–Trinajstić information content (AvgIpc) is 3.43. The molecule has 2 bridgehead atoms. The van der Waals surface area contributed by atoms with E-state index in [1.54, 1.807) is 19.1 Å². The van der Waals surface area contributed by atoms with E-state index in [2.05, 4.69) is 15.3 Å². The lowest BCUT2D eigenvalue weighted by Crippen LogP contribution is -2.51. The molecule has 3 aromatic carbocycles. The zero-order valence-corrected chi connectivity index (χ0v) is 25.7. The van der Waals surface area contributed by atoms with Gasteiger partial charge >= 0.3 is 5.97 Å². The molecule has 3 saturated carbocycles. The van der Waals surface area contributed by atoms with Crippen LogP contribution in [0.4, 0.5) is 23.4 Å². The Hall–Kier alpha value is -4.78. The van der Waals surface area contributed by atoms with Crippen LogP contribution >= 0.6 is 0 Å². The highest BCUT2D eigenvalue weighted by Crippen LogP contribution is 2.46. The number of aliphatic carboxylic acids is 1. The number of nitrogens with zero attached hydrogens (tertiary/aromatic N) is 3. The Kier molecular flexibility index (Phi) is 7.53. The first-order valence-corrected chi connectivity index (χ1v) is 16.5. The van der Waals surface area contributed by atoms with Crippen molar-refractivity contribution in [1.82, 2.24) is 13.9 Å². The van der Waals surface area contributed by atoms with E-state index in [1.165, 1.54) is 24.3 Å². The molecule has 0 saturated heterocycles. The van der Waals surface area contributed by atoms with E-state index in [-0.39, 0.29) is 50.6 Å². The molecule has 2 aromatic heterocycles. The third kappa shape index (κ3) is 5.41. The molecular weight excluding hydrogens is 636 g/mol. The third-order valence-electron chi connectivity index (χ3n) is 9.36. The second kappa shape index (κ2) is 11.5. The van der Waals surface area contributed by atoms with Gasteiger partial charge in [0.15, 0.2) is 23.3 Å². The molecule has 3 fully saturated rings. The Balaban J connectivity index is 1.43. The maximum Gasteiger partial charge on any atom is 0.308 e. The van der Waals surface area contributed by atoms with E-state index in [0.29, 0.717) is 10.0 Å². The molecular formula is C34H28F4N4O4S. The van der Waals surface area contributed by atoms with Gasteiger partial charge in [-0.15, -0.1) is 0 Å². The monoisotopic (exact) mass is 664 g/mol. The van der Waals surface area contributed by atoms with E-state index < -0.39 is 56.7 Å². The Morgan fingerprint density at radius 1 is 0.872 bits per heavy atom. The minimum Gasteiger partial charge on any atom is -0.481 e. The van der Waals surface area contributed by atoms with Gasteiger partial charge in [0.2, 0.25) is 0 Å². The summed E-state index contributed by atoms with van der Waals surface area (Å²) in [6.45, 7) is 1.78. The standard InChI is InChI=1S/C34H28F4N4O4S/c1-17-2-9-22(10-3-17)47(45,46)42-16-24(23-13-21(35)14-27(38)32(23)42)33-39-28(20-8-11-25(36)26(37)12-20)15-29(41-33)40-31-19-6-4-18(5-7-19)30(31)34(43)44/h2-3,8-16,18-19,30-31H,4-7H2,1H3,(H,43,44)(H,39,40,41). The molecule has 0 amide bonds. The summed E-state index contributed by atoms with van der Waals surface area (Å²) in [5, 5.41) is 13.2. The van der Waals surface area contributed by atoms with Crippen LogP contribution in [0.5, 0.6) is 0 Å². The number of carboxylic acids is 1. The van der Waals surface area contributed by atoms with Crippen molar-refractivity contribution in [1.29, 1.82) is 0 Å². The molecule has 13 heteroatoms. The number of hydrogen-bond acceptors (Lipinski definition) is 6. The van der Waals surface area contributed by atoms with Crippen LogP contribution in [0.25, 0.3) is 33.5 Å². The third-order valence-corrected chi connectivity index (χ3v) is 11.0. The fraction of sp³-hybridized carbons (Fsp3) is 0.265. The highest BCUT2D eigenvalue weighted by atomic mass is 32.2. The van der Waals surface area contributed by atoms with Crippen LogP contribution in [-0.4, -0.2) is 39.5 Å². The molecule has 2 atom stereocenters. The van der Waals surface area contributed by atoms with E-state index in [4.69, 9.17) is 0 Å². The number of aromatic nitrogens is 3. The highest BCUT2D eigenvalue weighted by molar-refractivity contribution is 7.90. The number of rotatable bonds is 7. The van der Waals surface area contributed by atoms with Gasteiger partial charge in [-0.2, -0.15) is 0 Å². The minimum atomic E-state index is -4.41. The van der Waals surface area contributed by atoms with Crippen molar-refractivity contribution >= 4 is 32.7 Å². The SMILES string of the molecule is Cc1ccc(S(=O)(=O)n2cc(-c3nc(NC4C5CCC(CC5)C4C(=O)O)cc(-c4ccc(F)c(F)c4)n3)c3cc(F)cc(F)c32)cc1. The van der Waals surface area contributed by atoms with Crippen molar-refractivity contribution in [2.45, 2.75) is 43.5 Å². The van der Waals surface area contributed by atoms with Crippen LogP contribution < -0.4 is 5.32 Å². The summed E-state index contributed by atoms with van der Waals surface area (Å²) in [6.07, 6.45) is 4.33. The second-order valence-corrected chi connectivity index (χ2v) is 14.1. The van der Waals surface area contributed by atoms with Crippen LogP contribution in [-0.2, 0) is 14.8 Å². The summed E-state index contributed by atoms with van der Waals surface area (Å²) < 4.78 is 86.7. The lowest BCUT2D eigenvalue weighted by molar-refractivity contribution is -0.148. The predicted octanol–water partition coefficient (Wildman–Crippen LogP) is 7.17. The van der Waals surface area contributed by atoms with Gasteiger partial charge in [-0.3, -0.25) is 4.79 Å². The van der Waals surface area contributed by atoms with Crippen molar-refractivity contribution < 1.29 is 35.9 Å². The van der Waals surface area contributed by atoms with Crippen molar-refractivity contribution in [3.05, 3.63) is 95.7 Å². The fourth-order valence-electron chi connectivity index (χ4n) is 7.07. The maximum atomic E-state index is 15.5. The van der Waals surface area contributed by atoms with Gasteiger partial charge in [-0.1, -0.05) is 17.7 Å². The largest absolute Gasteiger partial charge is 0.481 e. The minimum absolute atomic E-state index is 0.0297. The van der Waals surface area contributed by atoms with Gasteiger partial charge in [-0.05, 0) is 80.8 Å². The quantitative estimate of drug-likeness (QED) is 0.177. The number of fused-ring (bicyclic) bond motifs is 4. The Labute approximate surface area is 267 Å². The Morgan fingerprint density at radius 3 is 2.26 bits per heavy atom. The molecule has 2 unspecified atom stereocenters. The van der Waals surface area contributed by atoms with Crippen LogP contribution in [0.3, 0.4) is 0 Å². The van der Waals surface area contributed by atoms with E-state index in [1.807, 2.05) is 0 Å². The summed E-state index contributed by atoms with van der Waals surface area (Å²) in [7, 11) is -4.41. The first kappa shape index (κ1) is 30.9. The molecule has 2 heterocycles. The summed E-state index contributed by atoms with van der Waals surface area (Å²) >= 11 is 0. The normalized spacial score (nSPS) is 20.9. The van der Waals surface area contributed by atoms with Gasteiger partial charge in [0.1, 0.15) is 17.2 Å². The van der Waals surface area contributed by atoms with Crippen LogP contribution in [0.15, 0.2) is 71.8 Å². The number of hydrogen-bond donors (Lipinski definition) is 2. The van der Waals surface area contributed by atoms with Crippen molar-refractivity contribution in [3.63, 3.8) is 0 Å². The molecule has 0 spiro atoms. The van der Waals surface area contributed by atoms with Gasteiger partial charge in [0.05, 0.1) is 16.5 Å². The first-order valence-electron chi connectivity index (χ1n) is 15.1. The summed E-state index contributed by atoms with van der Waals surface area (Å²) in [4.78, 5) is 21.3. The summed E-state index contributed by atoms with van der Waals surface area (Å²) in [6, 6.07) is 11.6. The first-order chi connectivity index (χ1) is 22.4. The number of aryl methyl sites for hydroxylation is 1. The lowest BCUT2D eigenvalue weighted by Gasteiger charge is -2.47. The second-order valence-electron chi connectivity index (χ2n) is 12.2. The summed E-state index contributed by atoms with van der Waals surface area (Å²) in [5.74, 6) is -6.00. The number of nitrogens with one attached hydrogen (secondary N) is 1. The topological polar surface area (TPSA) is 114 Å². The number of carbonyl (C=O) groups is 1. The van der Waals surface area contributed by atoms with Gasteiger partial charge in [-0.25, -0.2) is 39.9 Å². The van der Waals surface area contributed by atoms with E-state index in [0.717, 1.165) is 55.6 Å². The smallest absolute Gasteiger partial charge is 0.308 e. The number of anilines is 1. The average molecular weight is 665 g/mol. The van der Waals surface area contributed by atoms with Gasteiger partial charge in [0.25, 0.3) is 10.0 Å². The molecule has 8 nitrogen and oxygen atoms in total. The molecule has 3 aliphatic carbocycles. The molecule has 8 rings (SSSR count). The number of carboxylic acid groups (broad SMARTS) is 1. The van der Waals surface area contributed by atoms with Crippen LogP contribution in [0.2, 0.25) is 0 Å². The number of benzene rings is 3. The van der Waals surface area contributed by atoms with Crippen molar-refractivity contribution in [2.75, 3.05) is 5.32 Å². The lowest BCUT2D eigenvalue weighted by atomic mass is 9.61. The van der Waals surface area contributed by atoms with Gasteiger partial charge < -0.3 is 10.4 Å². The van der Waals surface area contributed by atoms with Gasteiger partial charge in [0, 0.05) is 40.9 Å². The number of halogens is 4. The molecule has 3 aliphatic rings. The highest BCUT2D eigenvalue weighted by Gasteiger charge is 2.47. The fourth-order valence-corrected chi connectivity index (χ4v) is 8.44. The zero-order valence-electron chi connectivity index (χ0n) is 24.9. The molecule has 0 radical (unpaired) electrons. The van der Waals surface area contributed by atoms with Crippen LogP contribution in [0.1, 0.15) is 31.2 Å². The molecule has 5 aromatic rings.